The van der Waals surface area contributed by atoms with Crippen LogP contribution in [-0.4, -0.2) is 30.7 Å². The summed E-state index contributed by atoms with van der Waals surface area (Å²) >= 11 is 1.16. The molecule has 2 N–H and O–H groups in total. The van der Waals surface area contributed by atoms with Crippen molar-refractivity contribution in [3.05, 3.63) is 70.1 Å². The number of esters is 1. The van der Waals surface area contributed by atoms with E-state index in [0.29, 0.717) is 11.3 Å². The number of anilines is 1. The minimum atomic E-state index is -0.720. The van der Waals surface area contributed by atoms with Gasteiger partial charge >= 0.3 is 5.97 Å². The average molecular weight is 463 g/mol. The van der Waals surface area contributed by atoms with E-state index in [0.717, 1.165) is 22.5 Å². The molecule has 0 saturated carbocycles. The SMILES string of the molecule is CCOC(=O)c1c(-c2ccc(C)cc2)csc1NC(=O)C(C#N)=Cc1cc(OC)ccc1O. The maximum absolute atomic E-state index is 12.9. The molecule has 0 radical (unpaired) electrons. The molecule has 3 aromatic rings. The Morgan fingerprint density at radius 1 is 1.21 bits per heavy atom. The van der Waals surface area contributed by atoms with Gasteiger partial charge in [0.25, 0.3) is 5.91 Å². The minimum absolute atomic E-state index is 0.110. The van der Waals surface area contributed by atoms with E-state index >= 15 is 0 Å². The van der Waals surface area contributed by atoms with Crippen LogP contribution in [0.1, 0.15) is 28.4 Å². The summed E-state index contributed by atoms with van der Waals surface area (Å²) < 4.78 is 10.3. The second-order valence-electron chi connectivity index (χ2n) is 6.99. The first-order chi connectivity index (χ1) is 15.9. The number of aromatic hydroxyl groups is 1. The maximum Gasteiger partial charge on any atom is 0.341 e. The van der Waals surface area contributed by atoms with Crippen molar-refractivity contribution < 1.29 is 24.2 Å². The lowest BCUT2D eigenvalue weighted by Crippen LogP contribution is -2.16. The lowest BCUT2D eigenvalue weighted by Gasteiger charge is -2.09. The predicted molar refractivity (Wildman–Crippen MR) is 127 cm³/mol. The molecule has 0 aliphatic carbocycles. The van der Waals surface area contributed by atoms with Crippen LogP contribution in [0.4, 0.5) is 5.00 Å². The summed E-state index contributed by atoms with van der Waals surface area (Å²) in [6.07, 6.45) is 1.26. The van der Waals surface area contributed by atoms with Crippen LogP contribution in [0, 0.1) is 18.3 Å². The summed E-state index contributed by atoms with van der Waals surface area (Å²) in [4.78, 5) is 25.6. The number of nitrogens with zero attached hydrogens (tertiary/aromatic N) is 1. The Labute approximate surface area is 195 Å². The van der Waals surface area contributed by atoms with E-state index in [-0.39, 0.29) is 34.1 Å². The van der Waals surface area contributed by atoms with Crippen molar-refractivity contribution in [1.29, 1.82) is 5.26 Å². The standard InChI is InChI=1S/C25H22N2O5S/c1-4-32-25(30)22-20(16-7-5-15(2)6-8-16)14-33-24(22)27-23(29)18(13-26)11-17-12-19(31-3)9-10-21(17)28/h5-12,14,28H,4H2,1-3H3,(H,27,29). The number of carbonyl (C=O) groups excluding carboxylic acids is 2. The topological polar surface area (TPSA) is 109 Å². The Kier molecular flexibility index (Phi) is 7.49. The number of ether oxygens (including phenoxy) is 2. The molecule has 3 rings (SSSR count). The second-order valence-corrected chi connectivity index (χ2v) is 7.87. The van der Waals surface area contributed by atoms with Crippen molar-refractivity contribution in [3.8, 4) is 28.7 Å². The van der Waals surface area contributed by atoms with Crippen molar-refractivity contribution in [1.82, 2.24) is 0 Å². The van der Waals surface area contributed by atoms with Crippen molar-refractivity contribution >= 4 is 34.3 Å². The van der Waals surface area contributed by atoms with Crippen LogP contribution in [0.15, 0.2) is 53.4 Å². The Balaban J connectivity index is 1.98. The molecule has 7 nitrogen and oxygen atoms in total. The number of thiophene rings is 1. The van der Waals surface area contributed by atoms with E-state index in [1.165, 1.54) is 25.3 Å². The highest BCUT2D eigenvalue weighted by atomic mass is 32.1. The molecule has 168 valence electrons. The van der Waals surface area contributed by atoms with Gasteiger partial charge in [0.15, 0.2) is 0 Å². The molecule has 2 aromatic carbocycles. The lowest BCUT2D eigenvalue weighted by atomic mass is 10.0. The number of hydrogen-bond acceptors (Lipinski definition) is 7. The zero-order chi connectivity index (χ0) is 24.0. The number of amides is 1. The van der Waals surface area contributed by atoms with Gasteiger partial charge in [0.2, 0.25) is 0 Å². The third kappa shape index (κ3) is 5.40. The Hall–Kier alpha value is -4.09. The number of phenolic OH excluding ortho intramolecular Hbond substituents is 1. The highest BCUT2D eigenvalue weighted by Gasteiger charge is 2.24. The van der Waals surface area contributed by atoms with Crippen molar-refractivity contribution in [2.75, 3.05) is 19.0 Å². The smallest absolute Gasteiger partial charge is 0.341 e. The first-order valence-corrected chi connectivity index (χ1v) is 10.9. The summed E-state index contributed by atoms with van der Waals surface area (Å²) in [5.41, 5.74) is 2.72. The van der Waals surface area contributed by atoms with Crippen molar-refractivity contribution in [2.45, 2.75) is 13.8 Å². The first kappa shape index (κ1) is 23.6. The van der Waals surface area contributed by atoms with Gasteiger partial charge in [-0.05, 0) is 43.7 Å². The average Bonchev–Trinajstić information content (AvgIpc) is 3.22. The molecule has 0 unspecified atom stereocenters. The van der Waals surface area contributed by atoms with Gasteiger partial charge in [-0.25, -0.2) is 4.79 Å². The van der Waals surface area contributed by atoms with Gasteiger partial charge < -0.3 is 19.9 Å². The van der Waals surface area contributed by atoms with Crippen LogP contribution < -0.4 is 10.1 Å². The molecular formula is C25H22N2O5S. The highest BCUT2D eigenvalue weighted by Crippen LogP contribution is 2.36. The molecule has 33 heavy (non-hydrogen) atoms. The molecule has 0 fully saturated rings. The summed E-state index contributed by atoms with van der Waals surface area (Å²) in [5.74, 6) is -0.941. The molecule has 0 spiro atoms. The van der Waals surface area contributed by atoms with Gasteiger partial charge in [0, 0.05) is 16.5 Å². The van der Waals surface area contributed by atoms with E-state index in [2.05, 4.69) is 5.32 Å². The van der Waals surface area contributed by atoms with E-state index in [1.807, 2.05) is 37.3 Å². The number of nitrogens with one attached hydrogen (secondary N) is 1. The lowest BCUT2D eigenvalue weighted by molar-refractivity contribution is -0.112. The predicted octanol–water partition coefficient (Wildman–Crippen LogP) is 5.16. The van der Waals surface area contributed by atoms with Crippen LogP contribution in [0.5, 0.6) is 11.5 Å². The van der Waals surface area contributed by atoms with Gasteiger partial charge in [0.1, 0.15) is 33.7 Å². The highest BCUT2D eigenvalue weighted by molar-refractivity contribution is 7.15. The fraction of sp³-hybridized carbons (Fsp3) is 0.160. The molecule has 1 heterocycles. The molecule has 0 aliphatic rings. The molecule has 8 heteroatoms. The molecule has 0 atom stereocenters. The van der Waals surface area contributed by atoms with E-state index in [4.69, 9.17) is 9.47 Å². The number of rotatable bonds is 7. The number of hydrogen-bond donors (Lipinski definition) is 2. The fourth-order valence-electron chi connectivity index (χ4n) is 3.05. The Morgan fingerprint density at radius 3 is 2.58 bits per heavy atom. The van der Waals surface area contributed by atoms with E-state index < -0.39 is 11.9 Å². The quantitative estimate of drug-likeness (QED) is 0.285. The summed E-state index contributed by atoms with van der Waals surface area (Å²) in [7, 11) is 1.47. The van der Waals surface area contributed by atoms with Crippen LogP contribution >= 0.6 is 11.3 Å². The molecule has 0 saturated heterocycles. The molecule has 0 aliphatic heterocycles. The van der Waals surface area contributed by atoms with Gasteiger partial charge in [-0.15, -0.1) is 11.3 Å². The number of carbonyl (C=O) groups is 2. The first-order valence-electron chi connectivity index (χ1n) is 10.0. The summed E-state index contributed by atoms with van der Waals surface area (Å²) in [6, 6.07) is 13.9. The largest absolute Gasteiger partial charge is 0.507 e. The third-order valence-corrected chi connectivity index (χ3v) is 5.66. The normalized spacial score (nSPS) is 10.9. The van der Waals surface area contributed by atoms with E-state index in [1.54, 1.807) is 18.4 Å². The number of aryl methyl sites for hydroxylation is 1. The zero-order valence-corrected chi connectivity index (χ0v) is 19.2. The van der Waals surface area contributed by atoms with Gasteiger partial charge in [-0.2, -0.15) is 5.26 Å². The fourth-order valence-corrected chi connectivity index (χ4v) is 4.00. The van der Waals surface area contributed by atoms with Crippen molar-refractivity contribution in [3.63, 3.8) is 0 Å². The summed E-state index contributed by atoms with van der Waals surface area (Å²) in [6.45, 7) is 3.84. The van der Waals surface area contributed by atoms with Crippen LogP contribution in [0.2, 0.25) is 0 Å². The third-order valence-electron chi connectivity index (χ3n) is 4.76. The van der Waals surface area contributed by atoms with Gasteiger partial charge in [0.05, 0.1) is 13.7 Å². The van der Waals surface area contributed by atoms with Crippen LogP contribution in [0.3, 0.4) is 0 Å². The Bertz CT molecular complexity index is 1250. The number of phenols is 1. The molecule has 0 bridgehead atoms. The van der Waals surface area contributed by atoms with Crippen molar-refractivity contribution in [2.24, 2.45) is 0 Å². The van der Waals surface area contributed by atoms with E-state index in [9.17, 15) is 20.0 Å². The summed E-state index contributed by atoms with van der Waals surface area (Å²) in [5, 5.41) is 24.3. The minimum Gasteiger partial charge on any atom is -0.507 e. The second kappa shape index (κ2) is 10.5. The van der Waals surface area contributed by atoms with Gasteiger partial charge in [-0.3, -0.25) is 4.79 Å². The monoisotopic (exact) mass is 462 g/mol. The zero-order valence-electron chi connectivity index (χ0n) is 18.3. The van der Waals surface area contributed by atoms with Gasteiger partial charge in [-0.1, -0.05) is 29.8 Å². The van der Waals surface area contributed by atoms with Crippen LogP contribution in [0.25, 0.3) is 17.2 Å². The number of nitriles is 1. The maximum atomic E-state index is 12.9. The number of benzene rings is 2. The molecule has 1 amide bonds. The molecule has 1 aromatic heterocycles. The Morgan fingerprint density at radius 2 is 1.94 bits per heavy atom. The van der Waals surface area contributed by atoms with Crippen LogP contribution in [-0.2, 0) is 9.53 Å². The number of methoxy groups -OCH3 is 1. The molecular weight excluding hydrogens is 440 g/mol.